The average Bonchev–Trinajstić information content (AvgIpc) is 2.60. The van der Waals surface area contributed by atoms with E-state index in [1.54, 1.807) is 0 Å². The Morgan fingerprint density at radius 1 is 1.53 bits per heavy atom. The van der Waals surface area contributed by atoms with E-state index in [0.717, 1.165) is 11.0 Å². The molecule has 1 amide bonds. The molecule has 2 rings (SSSR count). The number of benzene rings is 1. The summed E-state index contributed by atoms with van der Waals surface area (Å²) in [5, 5.41) is 9.16. The Labute approximate surface area is 102 Å². The topological polar surface area (TPSA) is 57.6 Å². The molecule has 0 aliphatic carbocycles. The number of hydrogen-bond acceptors (Lipinski definition) is 2. The van der Waals surface area contributed by atoms with Gasteiger partial charge >= 0.3 is 5.97 Å². The van der Waals surface area contributed by atoms with Crippen LogP contribution in [-0.2, 0) is 9.59 Å². The molecular formula is C11H9ClFNO3. The fraction of sp³-hybridized carbons (Fsp3) is 0.273. The number of aliphatic carboxylic acids is 1. The molecule has 1 aromatic rings. The number of amides is 1. The quantitative estimate of drug-likeness (QED) is 0.882. The molecule has 6 heteroatoms. The van der Waals surface area contributed by atoms with Crippen molar-refractivity contribution in [3.05, 3.63) is 29.0 Å². The van der Waals surface area contributed by atoms with Crippen molar-refractivity contribution < 1.29 is 19.1 Å². The summed E-state index contributed by atoms with van der Waals surface area (Å²) in [4.78, 5) is 23.5. The van der Waals surface area contributed by atoms with E-state index in [1.165, 1.54) is 12.1 Å². The van der Waals surface area contributed by atoms with Crippen LogP contribution in [0.2, 0.25) is 5.02 Å². The molecule has 17 heavy (non-hydrogen) atoms. The second-order valence-corrected chi connectivity index (χ2v) is 4.19. The van der Waals surface area contributed by atoms with Gasteiger partial charge in [0.25, 0.3) is 0 Å². The maximum absolute atomic E-state index is 13.6. The maximum atomic E-state index is 13.6. The van der Waals surface area contributed by atoms with E-state index in [2.05, 4.69) is 0 Å². The fourth-order valence-electron chi connectivity index (χ4n) is 1.90. The van der Waals surface area contributed by atoms with Crippen LogP contribution in [0.1, 0.15) is 12.8 Å². The first-order chi connectivity index (χ1) is 8.00. The minimum absolute atomic E-state index is 0.0377. The lowest BCUT2D eigenvalue weighted by atomic mass is 10.2. The predicted octanol–water partition coefficient (Wildman–Crippen LogP) is 2.06. The summed E-state index contributed by atoms with van der Waals surface area (Å²) >= 11 is 5.60. The Bertz CT molecular complexity index is 492. The zero-order chi connectivity index (χ0) is 12.6. The third-order valence-corrected chi connectivity index (χ3v) is 2.90. The van der Waals surface area contributed by atoms with E-state index >= 15 is 0 Å². The zero-order valence-corrected chi connectivity index (χ0v) is 9.45. The highest BCUT2D eigenvalue weighted by Gasteiger charge is 2.38. The van der Waals surface area contributed by atoms with Gasteiger partial charge in [-0.25, -0.2) is 9.18 Å². The van der Waals surface area contributed by atoms with Gasteiger partial charge < -0.3 is 5.11 Å². The molecule has 0 radical (unpaired) electrons. The zero-order valence-electron chi connectivity index (χ0n) is 8.69. The maximum Gasteiger partial charge on any atom is 0.326 e. The Morgan fingerprint density at radius 3 is 2.82 bits per heavy atom. The first kappa shape index (κ1) is 11.9. The summed E-state index contributed by atoms with van der Waals surface area (Å²) in [5.74, 6) is -2.22. The first-order valence-corrected chi connectivity index (χ1v) is 5.38. The normalized spacial score (nSPS) is 19.8. The van der Waals surface area contributed by atoms with Gasteiger partial charge in [-0.15, -0.1) is 0 Å². The molecule has 4 nitrogen and oxygen atoms in total. The van der Waals surface area contributed by atoms with Gasteiger partial charge in [-0.3, -0.25) is 9.69 Å². The van der Waals surface area contributed by atoms with E-state index in [9.17, 15) is 14.0 Å². The van der Waals surface area contributed by atoms with Gasteiger partial charge in [0.05, 0.1) is 5.69 Å². The van der Waals surface area contributed by atoms with Gasteiger partial charge in [0.2, 0.25) is 5.91 Å². The summed E-state index contributed by atoms with van der Waals surface area (Å²) < 4.78 is 13.6. The Hall–Kier alpha value is -1.62. The number of carbonyl (C=O) groups excluding carboxylic acids is 1. The van der Waals surface area contributed by atoms with Crippen molar-refractivity contribution >= 4 is 29.2 Å². The highest BCUT2D eigenvalue weighted by atomic mass is 35.5. The van der Waals surface area contributed by atoms with E-state index in [0.29, 0.717) is 0 Å². The van der Waals surface area contributed by atoms with Crippen molar-refractivity contribution in [3.63, 3.8) is 0 Å². The van der Waals surface area contributed by atoms with Crippen molar-refractivity contribution in [2.75, 3.05) is 4.90 Å². The van der Waals surface area contributed by atoms with E-state index in [-0.39, 0.29) is 23.6 Å². The lowest BCUT2D eigenvalue weighted by Crippen LogP contribution is -2.39. The summed E-state index contributed by atoms with van der Waals surface area (Å²) in [5.41, 5.74) is -0.0377. The first-order valence-electron chi connectivity index (χ1n) is 5.00. The number of halogens is 2. The van der Waals surface area contributed by atoms with Crippen molar-refractivity contribution in [1.82, 2.24) is 0 Å². The lowest BCUT2D eigenvalue weighted by Gasteiger charge is -2.22. The molecule has 0 saturated carbocycles. The molecule has 1 aromatic carbocycles. The number of nitrogens with zero attached hydrogens (tertiary/aromatic N) is 1. The minimum atomic E-state index is -1.13. The third-order valence-electron chi connectivity index (χ3n) is 2.67. The molecule has 1 aliphatic rings. The fourth-order valence-corrected chi connectivity index (χ4v) is 2.06. The highest BCUT2D eigenvalue weighted by Crippen LogP contribution is 2.30. The number of carboxylic acids is 1. The van der Waals surface area contributed by atoms with Crippen LogP contribution in [0.3, 0.4) is 0 Å². The minimum Gasteiger partial charge on any atom is -0.480 e. The van der Waals surface area contributed by atoms with Crippen LogP contribution >= 0.6 is 11.6 Å². The standard InChI is InChI=1S/C11H9ClFNO3/c12-6-1-2-8(7(13)5-6)14-9(11(16)17)3-4-10(14)15/h1-2,5,9H,3-4H2,(H,16,17). The number of carboxylic acid groups (broad SMARTS) is 1. The smallest absolute Gasteiger partial charge is 0.326 e. The molecule has 1 atom stereocenters. The van der Waals surface area contributed by atoms with Crippen LogP contribution in [0.5, 0.6) is 0 Å². The summed E-state index contributed by atoms with van der Waals surface area (Å²) in [6.07, 6.45) is 0.301. The van der Waals surface area contributed by atoms with Gasteiger partial charge in [0, 0.05) is 11.4 Å². The molecule has 1 aliphatic heterocycles. The van der Waals surface area contributed by atoms with E-state index in [4.69, 9.17) is 16.7 Å². The molecule has 90 valence electrons. The van der Waals surface area contributed by atoms with Crippen molar-refractivity contribution in [2.45, 2.75) is 18.9 Å². The number of anilines is 1. The van der Waals surface area contributed by atoms with Crippen LogP contribution in [-0.4, -0.2) is 23.0 Å². The van der Waals surface area contributed by atoms with Crippen LogP contribution in [0.25, 0.3) is 0 Å². The summed E-state index contributed by atoms with van der Waals surface area (Å²) in [6, 6.07) is 2.79. The van der Waals surface area contributed by atoms with Crippen LogP contribution in [0.15, 0.2) is 18.2 Å². The Morgan fingerprint density at radius 2 is 2.24 bits per heavy atom. The Kier molecular flexibility index (Phi) is 3.02. The molecule has 1 saturated heterocycles. The lowest BCUT2D eigenvalue weighted by molar-refractivity contribution is -0.138. The van der Waals surface area contributed by atoms with E-state index in [1.807, 2.05) is 0 Å². The number of carbonyl (C=O) groups is 2. The molecule has 0 aromatic heterocycles. The number of rotatable bonds is 2. The van der Waals surface area contributed by atoms with Crippen molar-refractivity contribution in [2.24, 2.45) is 0 Å². The second kappa shape index (κ2) is 4.33. The van der Waals surface area contributed by atoms with Crippen molar-refractivity contribution in [1.29, 1.82) is 0 Å². The molecule has 1 fully saturated rings. The van der Waals surface area contributed by atoms with Crippen LogP contribution in [0.4, 0.5) is 10.1 Å². The number of hydrogen-bond donors (Lipinski definition) is 1. The van der Waals surface area contributed by atoms with Gasteiger partial charge in [-0.2, -0.15) is 0 Å². The third kappa shape index (κ3) is 2.10. The van der Waals surface area contributed by atoms with Gasteiger partial charge in [0.1, 0.15) is 11.9 Å². The second-order valence-electron chi connectivity index (χ2n) is 3.75. The predicted molar refractivity (Wildman–Crippen MR) is 59.6 cm³/mol. The molecule has 0 spiro atoms. The largest absolute Gasteiger partial charge is 0.480 e. The molecular weight excluding hydrogens is 249 g/mol. The monoisotopic (exact) mass is 257 g/mol. The highest BCUT2D eigenvalue weighted by molar-refractivity contribution is 6.30. The summed E-state index contributed by atoms with van der Waals surface area (Å²) in [7, 11) is 0. The van der Waals surface area contributed by atoms with Crippen LogP contribution in [0, 0.1) is 5.82 Å². The van der Waals surface area contributed by atoms with Gasteiger partial charge in [0.15, 0.2) is 0 Å². The van der Waals surface area contributed by atoms with E-state index < -0.39 is 23.7 Å². The van der Waals surface area contributed by atoms with Crippen molar-refractivity contribution in [3.8, 4) is 0 Å². The molecule has 1 N–H and O–H groups in total. The van der Waals surface area contributed by atoms with Gasteiger partial charge in [-0.05, 0) is 24.6 Å². The molecule has 1 unspecified atom stereocenters. The SMILES string of the molecule is O=C(O)C1CCC(=O)N1c1ccc(Cl)cc1F. The Balaban J connectivity index is 2.43. The molecule has 0 bridgehead atoms. The average molecular weight is 258 g/mol. The molecule has 1 heterocycles. The van der Waals surface area contributed by atoms with Gasteiger partial charge in [-0.1, -0.05) is 11.6 Å². The van der Waals surface area contributed by atoms with Crippen LogP contribution < -0.4 is 4.90 Å². The summed E-state index contributed by atoms with van der Waals surface area (Å²) in [6.45, 7) is 0.